The number of aromatic nitrogens is 2. The first-order valence-electron chi connectivity index (χ1n) is 6.07. The topological polar surface area (TPSA) is 75.9 Å². The largest absolute Gasteiger partial charge is 0.340 e. The number of rotatable bonds is 5. The highest BCUT2D eigenvalue weighted by Crippen LogP contribution is 2.25. The fourth-order valence-electron chi connectivity index (χ4n) is 1.80. The maximum atomic E-state index is 5.49. The minimum absolute atomic E-state index is 0.663. The molecule has 6 heteroatoms. The molecule has 4 N–H and O–H groups in total. The zero-order valence-corrected chi connectivity index (χ0v) is 12.2. The van der Waals surface area contributed by atoms with Crippen LogP contribution in [0, 0.1) is 0 Å². The van der Waals surface area contributed by atoms with E-state index in [1.165, 1.54) is 6.33 Å². The van der Waals surface area contributed by atoms with E-state index in [1.807, 2.05) is 24.3 Å². The van der Waals surface area contributed by atoms with Crippen LogP contribution < -0.4 is 16.6 Å². The van der Waals surface area contributed by atoms with E-state index in [0.29, 0.717) is 5.82 Å². The summed E-state index contributed by atoms with van der Waals surface area (Å²) in [5.74, 6) is 6.94. The number of halogens is 1. The third-order valence-electron chi connectivity index (χ3n) is 2.69. The lowest BCUT2D eigenvalue weighted by atomic mass is 10.1. The Morgan fingerprint density at radius 1 is 1.16 bits per heavy atom. The van der Waals surface area contributed by atoms with Crippen LogP contribution in [0.3, 0.4) is 0 Å². The second-order valence-corrected chi connectivity index (χ2v) is 4.99. The molecule has 1 heterocycles. The second-order valence-electron chi connectivity index (χ2n) is 4.08. The maximum Gasteiger partial charge on any atom is 0.148 e. The Labute approximate surface area is 120 Å². The molecule has 1 aromatic heterocycles. The number of nitrogens with one attached hydrogen (secondary N) is 2. The molecular weight excluding hydrogens is 306 g/mol. The average molecular weight is 322 g/mol. The highest BCUT2D eigenvalue weighted by atomic mass is 79.9. The highest BCUT2D eigenvalue weighted by Gasteiger charge is 2.10. The van der Waals surface area contributed by atoms with Gasteiger partial charge in [0, 0.05) is 15.7 Å². The lowest BCUT2D eigenvalue weighted by Gasteiger charge is -2.13. The van der Waals surface area contributed by atoms with E-state index in [2.05, 4.69) is 43.6 Å². The molecule has 0 aliphatic rings. The first kappa shape index (κ1) is 13.8. The normalized spacial score (nSPS) is 10.3. The predicted octanol–water partition coefficient (Wildman–Crippen LogP) is 3.22. The number of anilines is 3. The summed E-state index contributed by atoms with van der Waals surface area (Å²) < 4.78 is 1.04. The molecule has 0 atom stereocenters. The quantitative estimate of drug-likeness (QED) is 0.582. The van der Waals surface area contributed by atoms with Crippen molar-refractivity contribution in [3.63, 3.8) is 0 Å². The van der Waals surface area contributed by atoms with Crippen molar-refractivity contribution in [3.8, 4) is 0 Å². The van der Waals surface area contributed by atoms with Crippen LogP contribution in [0.25, 0.3) is 0 Å². The van der Waals surface area contributed by atoms with Crippen molar-refractivity contribution < 1.29 is 0 Å². The number of nitrogens with two attached hydrogens (primary N) is 1. The molecule has 0 aliphatic heterocycles. The summed E-state index contributed by atoms with van der Waals surface area (Å²) in [6.45, 7) is 2.11. The molecule has 100 valence electrons. The van der Waals surface area contributed by atoms with Crippen molar-refractivity contribution >= 4 is 33.3 Å². The second kappa shape index (κ2) is 6.49. The molecule has 0 radical (unpaired) electrons. The smallest absolute Gasteiger partial charge is 0.148 e. The summed E-state index contributed by atoms with van der Waals surface area (Å²) in [6.07, 6.45) is 3.35. The lowest BCUT2D eigenvalue weighted by Crippen LogP contribution is -2.13. The van der Waals surface area contributed by atoms with E-state index in [4.69, 9.17) is 5.84 Å². The van der Waals surface area contributed by atoms with Gasteiger partial charge in [0.15, 0.2) is 0 Å². The van der Waals surface area contributed by atoms with E-state index in [9.17, 15) is 0 Å². The molecule has 0 saturated carbocycles. The van der Waals surface area contributed by atoms with Gasteiger partial charge in [0.05, 0.1) is 0 Å². The summed E-state index contributed by atoms with van der Waals surface area (Å²) in [7, 11) is 0. The summed E-state index contributed by atoms with van der Waals surface area (Å²) in [5, 5.41) is 3.29. The molecule has 0 saturated heterocycles. The van der Waals surface area contributed by atoms with Crippen molar-refractivity contribution in [2.24, 2.45) is 5.84 Å². The molecule has 0 spiro atoms. The summed E-state index contributed by atoms with van der Waals surface area (Å²) in [4.78, 5) is 8.43. The van der Waals surface area contributed by atoms with Crippen LogP contribution >= 0.6 is 15.9 Å². The Hall–Kier alpha value is -1.66. The Morgan fingerprint density at radius 2 is 1.84 bits per heavy atom. The van der Waals surface area contributed by atoms with Gasteiger partial charge in [-0.15, -0.1) is 0 Å². The monoisotopic (exact) mass is 321 g/mol. The number of nitrogens with zero attached hydrogens (tertiary/aromatic N) is 2. The van der Waals surface area contributed by atoms with Gasteiger partial charge in [-0.2, -0.15) is 0 Å². The van der Waals surface area contributed by atoms with Gasteiger partial charge in [-0.1, -0.05) is 29.3 Å². The molecule has 0 aliphatic carbocycles. The fourth-order valence-corrected chi connectivity index (χ4v) is 2.07. The summed E-state index contributed by atoms with van der Waals surface area (Å²) in [5.41, 5.74) is 4.59. The van der Waals surface area contributed by atoms with E-state index in [1.54, 1.807) is 0 Å². The Balaban J connectivity index is 2.30. The molecule has 2 rings (SSSR count). The molecule has 1 aromatic carbocycles. The van der Waals surface area contributed by atoms with E-state index >= 15 is 0 Å². The van der Waals surface area contributed by atoms with Crippen LogP contribution in [0.15, 0.2) is 35.1 Å². The van der Waals surface area contributed by atoms with Gasteiger partial charge < -0.3 is 10.7 Å². The van der Waals surface area contributed by atoms with Gasteiger partial charge in [-0.3, -0.25) is 0 Å². The molecule has 5 nitrogen and oxygen atoms in total. The fraction of sp³-hybridized carbons (Fsp3) is 0.231. The first-order chi connectivity index (χ1) is 9.24. The molecule has 2 aromatic rings. The molecular formula is C13H16BrN5. The number of hydrogen-bond acceptors (Lipinski definition) is 5. The SMILES string of the molecule is CCCc1c(NN)ncnc1Nc1ccc(Br)cc1. The zero-order chi connectivity index (χ0) is 13.7. The Kier molecular flexibility index (Phi) is 4.70. The van der Waals surface area contributed by atoms with E-state index in [0.717, 1.165) is 34.4 Å². The van der Waals surface area contributed by atoms with Crippen LogP contribution in [0.5, 0.6) is 0 Å². The van der Waals surface area contributed by atoms with Crippen molar-refractivity contribution in [1.82, 2.24) is 9.97 Å². The molecule has 0 fully saturated rings. The van der Waals surface area contributed by atoms with Crippen LogP contribution in [0.2, 0.25) is 0 Å². The van der Waals surface area contributed by atoms with E-state index < -0.39 is 0 Å². The molecule has 0 unspecified atom stereocenters. The zero-order valence-electron chi connectivity index (χ0n) is 10.7. The van der Waals surface area contributed by atoms with Crippen molar-refractivity contribution in [2.45, 2.75) is 19.8 Å². The number of hydrazine groups is 1. The predicted molar refractivity (Wildman–Crippen MR) is 81.3 cm³/mol. The van der Waals surface area contributed by atoms with Crippen molar-refractivity contribution in [2.75, 3.05) is 10.7 Å². The van der Waals surface area contributed by atoms with Crippen LogP contribution in [-0.4, -0.2) is 9.97 Å². The Morgan fingerprint density at radius 3 is 2.47 bits per heavy atom. The molecule has 19 heavy (non-hydrogen) atoms. The first-order valence-corrected chi connectivity index (χ1v) is 6.87. The van der Waals surface area contributed by atoms with Crippen molar-refractivity contribution in [1.29, 1.82) is 0 Å². The van der Waals surface area contributed by atoms with Crippen LogP contribution in [-0.2, 0) is 6.42 Å². The average Bonchev–Trinajstić information content (AvgIpc) is 2.43. The van der Waals surface area contributed by atoms with Gasteiger partial charge in [0.25, 0.3) is 0 Å². The lowest BCUT2D eigenvalue weighted by molar-refractivity contribution is 0.903. The highest BCUT2D eigenvalue weighted by molar-refractivity contribution is 9.10. The maximum absolute atomic E-state index is 5.49. The van der Waals surface area contributed by atoms with Crippen LogP contribution in [0.4, 0.5) is 17.3 Å². The number of benzene rings is 1. The van der Waals surface area contributed by atoms with Crippen molar-refractivity contribution in [3.05, 3.63) is 40.6 Å². The van der Waals surface area contributed by atoms with Gasteiger partial charge in [-0.25, -0.2) is 15.8 Å². The van der Waals surface area contributed by atoms with Crippen LogP contribution in [0.1, 0.15) is 18.9 Å². The Bertz CT molecular complexity index is 541. The standard InChI is InChI=1S/C13H16BrN5/c1-2-3-11-12(16-8-17-13(11)19-15)18-10-6-4-9(14)5-7-10/h4-8H,2-3,15H2,1H3,(H2,16,17,18,19). The van der Waals surface area contributed by atoms with Gasteiger partial charge in [0.2, 0.25) is 0 Å². The van der Waals surface area contributed by atoms with E-state index in [-0.39, 0.29) is 0 Å². The third kappa shape index (κ3) is 3.42. The molecule has 0 bridgehead atoms. The van der Waals surface area contributed by atoms with Gasteiger partial charge >= 0.3 is 0 Å². The molecule has 0 amide bonds. The minimum atomic E-state index is 0.663. The summed E-state index contributed by atoms with van der Waals surface area (Å²) >= 11 is 3.41. The summed E-state index contributed by atoms with van der Waals surface area (Å²) in [6, 6.07) is 7.92. The third-order valence-corrected chi connectivity index (χ3v) is 3.22. The number of hydrogen-bond donors (Lipinski definition) is 3. The number of nitrogen functional groups attached to an aromatic ring is 1. The minimum Gasteiger partial charge on any atom is -0.340 e. The van der Waals surface area contributed by atoms with Gasteiger partial charge in [-0.05, 0) is 30.7 Å². The van der Waals surface area contributed by atoms with Gasteiger partial charge in [0.1, 0.15) is 18.0 Å².